The molecule has 0 atom stereocenters. The van der Waals surface area contributed by atoms with E-state index in [1.807, 2.05) is 0 Å². The van der Waals surface area contributed by atoms with Crippen molar-refractivity contribution in [3.8, 4) is 5.75 Å². The molecule has 0 aromatic heterocycles. The first-order valence-electron chi connectivity index (χ1n) is 4.45. The van der Waals surface area contributed by atoms with Gasteiger partial charge in [0.1, 0.15) is 12.4 Å². The lowest BCUT2D eigenvalue weighted by molar-refractivity contribution is 0.146. The molecule has 0 heterocycles. The van der Waals surface area contributed by atoms with Crippen LogP contribution in [0.25, 0.3) is 0 Å². The van der Waals surface area contributed by atoms with E-state index in [1.54, 1.807) is 31.4 Å². The van der Waals surface area contributed by atoms with Crippen LogP contribution in [-0.4, -0.2) is 26.2 Å². The second-order valence-electron chi connectivity index (χ2n) is 2.82. The predicted octanol–water partition coefficient (Wildman–Crippen LogP) is 0.927. The van der Waals surface area contributed by atoms with Crippen molar-refractivity contribution >= 4 is 5.90 Å². The zero-order valence-electron chi connectivity index (χ0n) is 8.53. The fraction of sp³-hybridized carbons (Fsp3) is 0.300. The van der Waals surface area contributed by atoms with Gasteiger partial charge in [-0.3, -0.25) is 5.41 Å². The van der Waals surface area contributed by atoms with Crippen molar-refractivity contribution in [3.05, 3.63) is 29.8 Å². The minimum Gasteiger partial charge on any atom is -0.491 e. The largest absolute Gasteiger partial charge is 0.491 e. The number of methoxy groups -OCH3 is 1. The monoisotopic (exact) mass is 210 g/mol. The van der Waals surface area contributed by atoms with Gasteiger partial charge in [-0.15, -0.1) is 0 Å². The average Bonchev–Trinajstić information content (AvgIpc) is 2.29. The van der Waals surface area contributed by atoms with Crippen LogP contribution in [0.4, 0.5) is 0 Å². The molecule has 0 aliphatic heterocycles. The highest BCUT2D eigenvalue weighted by Crippen LogP contribution is 2.13. The molecule has 0 radical (unpaired) electrons. The van der Waals surface area contributed by atoms with E-state index in [2.05, 4.69) is 4.84 Å². The average molecular weight is 210 g/mol. The van der Waals surface area contributed by atoms with Crippen LogP contribution in [0.3, 0.4) is 0 Å². The summed E-state index contributed by atoms with van der Waals surface area (Å²) in [7, 11) is 1.61. The van der Waals surface area contributed by atoms with E-state index in [0.717, 1.165) is 0 Å². The minimum absolute atomic E-state index is 0.0906. The summed E-state index contributed by atoms with van der Waals surface area (Å²) >= 11 is 0. The van der Waals surface area contributed by atoms with Gasteiger partial charge in [0, 0.05) is 12.7 Å². The van der Waals surface area contributed by atoms with Gasteiger partial charge >= 0.3 is 0 Å². The molecule has 15 heavy (non-hydrogen) atoms. The Hall–Kier alpha value is -1.59. The van der Waals surface area contributed by atoms with Crippen LogP contribution in [0, 0.1) is 5.41 Å². The van der Waals surface area contributed by atoms with Crippen molar-refractivity contribution in [2.45, 2.75) is 0 Å². The Morgan fingerprint density at radius 2 is 2.20 bits per heavy atom. The molecule has 1 aromatic carbocycles. The van der Waals surface area contributed by atoms with Crippen molar-refractivity contribution in [2.75, 3.05) is 20.3 Å². The Morgan fingerprint density at radius 3 is 2.87 bits per heavy atom. The van der Waals surface area contributed by atoms with Gasteiger partial charge in [-0.05, 0) is 18.2 Å². The summed E-state index contributed by atoms with van der Waals surface area (Å²) in [6, 6.07) is 6.97. The molecule has 5 heteroatoms. The third-order valence-corrected chi connectivity index (χ3v) is 1.77. The van der Waals surface area contributed by atoms with Gasteiger partial charge in [0.25, 0.3) is 0 Å². The zero-order valence-corrected chi connectivity index (χ0v) is 8.53. The van der Waals surface area contributed by atoms with Gasteiger partial charge in [-0.1, -0.05) is 6.07 Å². The summed E-state index contributed by atoms with van der Waals surface area (Å²) in [5.74, 6) is 5.46. The lowest BCUT2D eigenvalue weighted by Crippen LogP contribution is -2.10. The molecule has 0 aliphatic rings. The third kappa shape index (κ3) is 3.57. The van der Waals surface area contributed by atoms with Crippen molar-refractivity contribution in [2.24, 2.45) is 5.90 Å². The lowest BCUT2D eigenvalue weighted by Gasteiger charge is -2.07. The van der Waals surface area contributed by atoms with Crippen molar-refractivity contribution in [3.63, 3.8) is 0 Å². The highest BCUT2D eigenvalue weighted by molar-refractivity contribution is 5.91. The molecule has 0 saturated heterocycles. The van der Waals surface area contributed by atoms with Crippen LogP contribution in [-0.2, 0) is 9.57 Å². The van der Waals surface area contributed by atoms with Crippen LogP contribution >= 0.6 is 0 Å². The Morgan fingerprint density at radius 1 is 1.40 bits per heavy atom. The van der Waals surface area contributed by atoms with Crippen molar-refractivity contribution in [1.82, 2.24) is 0 Å². The minimum atomic E-state index is -0.0906. The number of rotatable bonds is 5. The van der Waals surface area contributed by atoms with Crippen LogP contribution in [0.1, 0.15) is 5.56 Å². The van der Waals surface area contributed by atoms with E-state index < -0.39 is 0 Å². The number of nitrogens with two attached hydrogens (primary N) is 1. The van der Waals surface area contributed by atoms with Gasteiger partial charge in [0.05, 0.1) is 6.61 Å². The highest BCUT2D eigenvalue weighted by atomic mass is 16.6. The maximum absolute atomic E-state index is 7.36. The van der Waals surface area contributed by atoms with E-state index in [1.165, 1.54) is 0 Å². The molecule has 0 amide bonds. The smallest absolute Gasteiger partial charge is 0.237 e. The standard InChI is InChI=1S/C10H14N2O3/c1-13-5-6-14-9-4-2-3-8(7-9)10(11)15-12/h2-4,7,11H,5-6,12H2,1H3. The topological polar surface area (TPSA) is 77.6 Å². The van der Waals surface area contributed by atoms with Gasteiger partial charge in [-0.25, -0.2) is 0 Å². The molecule has 1 rings (SSSR count). The van der Waals surface area contributed by atoms with E-state index in [4.69, 9.17) is 20.8 Å². The normalized spacial score (nSPS) is 9.73. The number of benzene rings is 1. The third-order valence-electron chi connectivity index (χ3n) is 1.77. The Kier molecular flexibility index (Phi) is 4.59. The molecular formula is C10H14N2O3. The second-order valence-corrected chi connectivity index (χ2v) is 2.82. The molecular weight excluding hydrogens is 196 g/mol. The van der Waals surface area contributed by atoms with Gasteiger partial charge in [0.2, 0.25) is 5.90 Å². The fourth-order valence-electron chi connectivity index (χ4n) is 1.04. The van der Waals surface area contributed by atoms with Crippen LogP contribution in [0.15, 0.2) is 24.3 Å². The van der Waals surface area contributed by atoms with E-state index >= 15 is 0 Å². The summed E-state index contributed by atoms with van der Waals surface area (Å²) in [4.78, 5) is 4.32. The Bertz CT molecular complexity index is 328. The van der Waals surface area contributed by atoms with Crippen molar-refractivity contribution in [1.29, 1.82) is 5.41 Å². The maximum atomic E-state index is 7.36. The summed E-state index contributed by atoms with van der Waals surface area (Å²) in [5, 5.41) is 7.36. The molecule has 82 valence electrons. The summed E-state index contributed by atoms with van der Waals surface area (Å²) in [6.07, 6.45) is 0. The molecule has 0 fully saturated rings. The van der Waals surface area contributed by atoms with Gasteiger partial charge in [-0.2, -0.15) is 5.90 Å². The second kappa shape index (κ2) is 6.00. The number of hydrogen-bond donors (Lipinski definition) is 2. The van der Waals surface area contributed by atoms with E-state index in [-0.39, 0.29) is 5.90 Å². The summed E-state index contributed by atoms with van der Waals surface area (Å²) in [5.41, 5.74) is 0.576. The Balaban J connectivity index is 2.62. The molecule has 5 nitrogen and oxygen atoms in total. The van der Waals surface area contributed by atoms with Crippen LogP contribution < -0.4 is 10.6 Å². The van der Waals surface area contributed by atoms with Crippen LogP contribution in [0.5, 0.6) is 5.75 Å². The quantitative estimate of drug-likeness (QED) is 0.328. The molecule has 0 spiro atoms. The summed E-state index contributed by atoms with van der Waals surface area (Å²) in [6.45, 7) is 0.992. The SMILES string of the molecule is COCCOc1cccc(C(=N)ON)c1. The van der Waals surface area contributed by atoms with E-state index in [0.29, 0.717) is 24.5 Å². The molecule has 0 unspecified atom stereocenters. The number of nitrogens with one attached hydrogen (secondary N) is 1. The molecule has 3 N–H and O–H groups in total. The molecule has 0 saturated carbocycles. The Labute approximate surface area is 88.2 Å². The van der Waals surface area contributed by atoms with Crippen molar-refractivity contribution < 1.29 is 14.3 Å². The number of hydrogen-bond acceptors (Lipinski definition) is 5. The zero-order chi connectivity index (χ0) is 11.1. The first kappa shape index (κ1) is 11.5. The lowest BCUT2D eigenvalue weighted by atomic mass is 10.2. The highest BCUT2D eigenvalue weighted by Gasteiger charge is 2.02. The molecule has 0 aliphatic carbocycles. The van der Waals surface area contributed by atoms with Gasteiger partial charge in [0.15, 0.2) is 0 Å². The molecule has 1 aromatic rings. The number of ether oxygens (including phenoxy) is 2. The summed E-state index contributed by atoms with van der Waals surface area (Å²) < 4.78 is 10.2. The van der Waals surface area contributed by atoms with Gasteiger partial charge < -0.3 is 14.3 Å². The van der Waals surface area contributed by atoms with Crippen LogP contribution in [0.2, 0.25) is 0 Å². The fourth-order valence-corrected chi connectivity index (χ4v) is 1.04. The first-order valence-corrected chi connectivity index (χ1v) is 4.45. The predicted molar refractivity (Wildman–Crippen MR) is 55.9 cm³/mol. The maximum Gasteiger partial charge on any atom is 0.237 e. The molecule has 0 bridgehead atoms. The van der Waals surface area contributed by atoms with E-state index in [9.17, 15) is 0 Å². The first-order chi connectivity index (χ1) is 7.27.